The second kappa shape index (κ2) is 7.09. The number of benzene rings is 1. The molecule has 1 aliphatic rings. The van der Waals surface area contributed by atoms with Gasteiger partial charge in [-0.05, 0) is 59.7 Å². The first kappa shape index (κ1) is 15.3. The Balaban J connectivity index is 1.91. The quantitative estimate of drug-likeness (QED) is 0.800. The summed E-state index contributed by atoms with van der Waals surface area (Å²) in [5, 5.41) is 2.89. The maximum atomic E-state index is 11.7. The fourth-order valence-electron chi connectivity index (χ4n) is 1.99. The molecule has 1 aromatic carbocycles. The lowest BCUT2D eigenvalue weighted by molar-refractivity contribution is -0.123. The summed E-state index contributed by atoms with van der Waals surface area (Å²) in [7, 11) is 0. The number of halogens is 1. The summed E-state index contributed by atoms with van der Waals surface area (Å²) in [6, 6.07) is 5.88. The highest BCUT2D eigenvalue weighted by Crippen LogP contribution is 2.30. The average molecular weight is 341 g/mol. The first-order valence-electron chi connectivity index (χ1n) is 6.98. The van der Waals surface area contributed by atoms with E-state index in [9.17, 15) is 4.79 Å². The van der Waals surface area contributed by atoms with Crippen LogP contribution in [0.3, 0.4) is 0 Å². The Labute approximate surface area is 128 Å². The summed E-state index contributed by atoms with van der Waals surface area (Å²) in [6.45, 7) is 2.76. The van der Waals surface area contributed by atoms with Gasteiger partial charge in [-0.3, -0.25) is 4.79 Å². The molecule has 0 bridgehead atoms. The van der Waals surface area contributed by atoms with Gasteiger partial charge < -0.3 is 15.8 Å². The molecule has 5 heteroatoms. The van der Waals surface area contributed by atoms with Crippen LogP contribution in [0.4, 0.5) is 0 Å². The zero-order chi connectivity index (χ0) is 14.5. The molecule has 20 heavy (non-hydrogen) atoms. The van der Waals surface area contributed by atoms with Gasteiger partial charge in [0, 0.05) is 12.6 Å². The second-order valence-electron chi connectivity index (χ2n) is 5.45. The molecule has 0 aromatic heterocycles. The van der Waals surface area contributed by atoms with Crippen LogP contribution in [0.25, 0.3) is 0 Å². The van der Waals surface area contributed by atoms with Crippen molar-refractivity contribution in [2.24, 2.45) is 11.7 Å². The van der Waals surface area contributed by atoms with Crippen molar-refractivity contribution in [3.63, 3.8) is 0 Å². The van der Waals surface area contributed by atoms with E-state index in [1.54, 1.807) is 0 Å². The molecule has 0 heterocycles. The predicted molar refractivity (Wildman–Crippen MR) is 82.7 cm³/mol. The van der Waals surface area contributed by atoms with Crippen LogP contribution < -0.4 is 15.8 Å². The molecule has 0 spiro atoms. The average Bonchev–Trinajstić information content (AvgIpc) is 3.19. The number of nitrogens with two attached hydrogens (primary N) is 1. The number of nitrogens with one attached hydrogen (secondary N) is 1. The van der Waals surface area contributed by atoms with Crippen LogP contribution in [0.15, 0.2) is 22.7 Å². The Morgan fingerprint density at radius 2 is 2.30 bits per heavy atom. The Hall–Kier alpha value is -1.07. The van der Waals surface area contributed by atoms with E-state index in [1.165, 1.54) is 12.8 Å². The number of hydrogen-bond acceptors (Lipinski definition) is 3. The summed E-state index contributed by atoms with van der Waals surface area (Å²) < 4.78 is 6.52. The highest BCUT2D eigenvalue weighted by Gasteiger charge is 2.21. The third kappa shape index (κ3) is 4.80. The molecule has 1 aromatic rings. The van der Waals surface area contributed by atoms with E-state index < -0.39 is 0 Å². The van der Waals surface area contributed by atoms with E-state index in [-0.39, 0.29) is 18.6 Å². The van der Waals surface area contributed by atoms with Gasteiger partial charge in [-0.15, -0.1) is 0 Å². The molecule has 0 radical (unpaired) electrons. The summed E-state index contributed by atoms with van der Waals surface area (Å²) in [5.41, 5.74) is 6.86. The molecule has 4 nitrogen and oxygen atoms in total. The standard InChI is InChI=1S/C15H21BrN2O2/c1-10(17)7-12-3-2-4-13(16)15(12)20-9-14(19)18-8-11-5-6-11/h2-4,10-11H,5-9,17H2,1H3,(H,18,19). The van der Waals surface area contributed by atoms with Gasteiger partial charge in [-0.2, -0.15) is 0 Å². The zero-order valence-electron chi connectivity index (χ0n) is 11.7. The highest BCUT2D eigenvalue weighted by molar-refractivity contribution is 9.10. The second-order valence-corrected chi connectivity index (χ2v) is 6.30. The molecule has 1 saturated carbocycles. The number of carbonyl (C=O) groups excluding carboxylic acids is 1. The van der Waals surface area contributed by atoms with Gasteiger partial charge in [-0.1, -0.05) is 12.1 Å². The van der Waals surface area contributed by atoms with Crippen LogP contribution in [0.5, 0.6) is 5.75 Å². The first-order chi connectivity index (χ1) is 9.56. The lowest BCUT2D eigenvalue weighted by atomic mass is 10.1. The molecule has 2 rings (SSSR count). The van der Waals surface area contributed by atoms with E-state index in [4.69, 9.17) is 10.5 Å². The minimum absolute atomic E-state index is 0.0429. The normalized spacial score (nSPS) is 15.8. The topological polar surface area (TPSA) is 64.3 Å². The zero-order valence-corrected chi connectivity index (χ0v) is 13.3. The molecule has 0 aliphatic heterocycles. The number of para-hydroxylation sites is 1. The molecule has 3 N–H and O–H groups in total. The van der Waals surface area contributed by atoms with Crippen LogP contribution >= 0.6 is 15.9 Å². The summed E-state index contributed by atoms with van der Waals surface area (Å²) >= 11 is 3.46. The van der Waals surface area contributed by atoms with Crippen molar-refractivity contribution in [2.45, 2.75) is 32.2 Å². The fourth-order valence-corrected chi connectivity index (χ4v) is 2.51. The van der Waals surface area contributed by atoms with Crippen LogP contribution in [0.2, 0.25) is 0 Å². The third-order valence-corrected chi connectivity index (χ3v) is 3.85. The van der Waals surface area contributed by atoms with Gasteiger partial charge in [0.2, 0.25) is 0 Å². The Bertz CT molecular complexity index is 473. The van der Waals surface area contributed by atoms with Crippen LogP contribution in [-0.4, -0.2) is 25.1 Å². The van der Waals surface area contributed by atoms with Gasteiger partial charge in [0.05, 0.1) is 4.47 Å². The van der Waals surface area contributed by atoms with E-state index in [1.807, 2.05) is 25.1 Å². The molecule has 1 amide bonds. The Kier molecular flexibility index (Phi) is 5.43. The van der Waals surface area contributed by atoms with Crippen molar-refractivity contribution in [3.05, 3.63) is 28.2 Å². The third-order valence-electron chi connectivity index (χ3n) is 3.22. The van der Waals surface area contributed by atoms with Gasteiger partial charge in [0.1, 0.15) is 5.75 Å². The van der Waals surface area contributed by atoms with Crippen LogP contribution in [0.1, 0.15) is 25.3 Å². The van der Waals surface area contributed by atoms with E-state index in [0.717, 1.165) is 23.0 Å². The van der Waals surface area contributed by atoms with Crippen molar-refractivity contribution in [3.8, 4) is 5.75 Å². The largest absolute Gasteiger partial charge is 0.482 e. The molecular formula is C15H21BrN2O2. The van der Waals surface area contributed by atoms with Crippen molar-refractivity contribution in [2.75, 3.05) is 13.2 Å². The van der Waals surface area contributed by atoms with Crippen molar-refractivity contribution < 1.29 is 9.53 Å². The summed E-state index contributed by atoms with van der Waals surface area (Å²) in [4.78, 5) is 11.7. The van der Waals surface area contributed by atoms with E-state index in [0.29, 0.717) is 11.7 Å². The van der Waals surface area contributed by atoms with Crippen molar-refractivity contribution in [1.82, 2.24) is 5.32 Å². The van der Waals surface area contributed by atoms with Gasteiger partial charge >= 0.3 is 0 Å². The molecule has 1 atom stereocenters. The van der Waals surface area contributed by atoms with E-state index in [2.05, 4.69) is 21.2 Å². The minimum Gasteiger partial charge on any atom is -0.482 e. The van der Waals surface area contributed by atoms with Gasteiger partial charge in [-0.25, -0.2) is 0 Å². The van der Waals surface area contributed by atoms with Gasteiger partial charge in [0.25, 0.3) is 5.91 Å². The minimum atomic E-state index is -0.0700. The smallest absolute Gasteiger partial charge is 0.257 e. The number of rotatable bonds is 7. The molecule has 110 valence electrons. The lowest BCUT2D eigenvalue weighted by Crippen LogP contribution is -2.30. The molecular weight excluding hydrogens is 320 g/mol. The fraction of sp³-hybridized carbons (Fsp3) is 0.533. The molecule has 1 fully saturated rings. The van der Waals surface area contributed by atoms with Crippen molar-refractivity contribution in [1.29, 1.82) is 0 Å². The molecule has 1 aliphatic carbocycles. The SMILES string of the molecule is CC(N)Cc1cccc(Br)c1OCC(=O)NCC1CC1. The summed E-state index contributed by atoms with van der Waals surface area (Å²) in [5.74, 6) is 1.32. The van der Waals surface area contributed by atoms with E-state index >= 15 is 0 Å². The van der Waals surface area contributed by atoms with Crippen LogP contribution in [0, 0.1) is 5.92 Å². The highest BCUT2D eigenvalue weighted by atomic mass is 79.9. The number of ether oxygens (including phenoxy) is 1. The van der Waals surface area contributed by atoms with Gasteiger partial charge in [0.15, 0.2) is 6.61 Å². The first-order valence-corrected chi connectivity index (χ1v) is 7.78. The lowest BCUT2D eigenvalue weighted by Gasteiger charge is -2.14. The maximum Gasteiger partial charge on any atom is 0.257 e. The monoisotopic (exact) mass is 340 g/mol. The summed E-state index contributed by atoms with van der Waals surface area (Å²) in [6.07, 6.45) is 3.17. The Morgan fingerprint density at radius 1 is 1.55 bits per heavy atom. The molecule has 0 saturated heterocycles. The van der Waals surface area contributed by atoms with Crippen molar-refractivity contribution >= 4 is 21.8 Å². The number of amides is 1. The maximum absolute atomic E-state index is 11.7. The number of carbonyl (C=O) groups is 1. The predicted octanol–water partition coefficient (Wildman–Crippen LogP) is 2.24. The van der Waals surface area contributed by atoms with Crippen LogP contribution in [-0.2, 0) is 11.2 Å². The number of hydrogen-bond donors (Lipinski definition) is 2. The molecule has 1 unspecified atom stereocenters. The Morgan fingerprint density at radius 3 is 2.95 bits per heavy atom.